The fourth-order valence-electron chi connectivity index (χ4n) is 3.31. The Kier molecular flexibility index (Phi) is 6.45. The third-order valence-corrected chi connectivity index (χ3v) is 4.81. The highest BCUT2D eigenvalue weighted by molar-refractivity contribution is 5.38. The molecule has 1 aromatic rings. The average molecular weight is 322 g/mol. The Morgan fingerprint density at radius 1 is 1.09 bits per heavy atom. The fourth-order valence-corrected chi connectivity index (χ4v) is 3.31. The van der Waals surface area contributed by atoms with Crippen LogP contribution in [0.25, 0.3) is 0 Å². The summed E-state index contributed by atoms with van der Waals surface area (Å²) < 4.78 is 5.94. The van der Waals surface area contributed by atoms with Crippen LogP contribution in [0.1, 0.15) is 33.3 Å². The summed E-state index contributed by atoms with van der Waals surface area (Å²) in [7, 11) is 0. The average Bonchev–Trinajstić information content (AvgIpc) is 2.53. The summed E-state index contributed by atoms with van der Waals surface area (Å²) in [5, 5.41) is 10.3. The number of rotatable bonds is 6. The van der Waals surface area contributed by atoms with Gasteiger partial charge in [-0.3, -0.25) is 0 Å². The molecule has 3 N–H and O–H groups in total. The van der Waals surface area contributed by atoms with E-state index in [0.717, 1.165) is 25.4 Å². The van der Waals surface area contributed by atoms with Gasteiger partial charge in [-0.2, -0.15) is 0 Å². The standard InChI is InChI=1S/C19H32N2O2/c1-5-20-10-12-21(13-11-20)14-16(22)15-23-18-9-7-6-8-17(18)19(2,3)4/h6-9,16,22H,5,10-15H2,1-4H3/p+2. The van der Waals surface area contributed by atoms with Gasteiger partial charge < -0.3 is 19.6 Å². The summed E-state index contributed by atoms with van der Waals surface area (Å²) >= 11 is 0. The van der Waals surface area contributed by atoms with Crippen molar-refractivity contribution in [1.82, 2.24) is 0 Å². The third kappa shape index (κ3) is 5.48. The number of para-hydroxylation sites is 1. The smallest absolute Gasteiger partial charge is 0.137 e. The van der Waals surface area contributed by atoms with Crippen LogP contribution in [0.15, 0.2) is 24.3 Å². The molecular weight excluding hydrogens is 288 g/mol. The van der Waals surface area contributed by atoms with E-state index in [0.29, 0.717) is 6.61 Å². The van der Waals surface area contributed by atoms with Crippen LogP contribution in [-0.4, -0.2) is 57.1 Å². The van der Waals surface area contributed by atoms with Gasteiger partial charge in [-0.15, -0.1) is 0 Å². The van der Waals surface area contributed by atoms with E-state index in [1.165, 1.54) is 30.1 Å². The molecule has 4 heteroatoms. The molecule has 0 bridgehead atoms. The molecule has 2 rings (SSSR count). The highest BCUT2D eigenvalue weighted by atomic mass is 16.5. The van der Waals surface area contributed by atoms with Crippen LogP contribution in [0.2, 0.25) is 0 Å². The van der Waals surface area contributed by atoms with E-state index in [4.69, 9.17) is 4.74 Å². The summed E-state index contributed by atoms with van der Waals surface area (Å²) in [6.45, 7) is 15.9. The molecule has 1 aliphatic rings. The summed E-state index contributed by atoms with van der Waals surface area (Å²) in [6.07, 6.45) is -0.402. The number of hydrogen-bond donors (Lipinski definition) is 3. The molecule has 0 saturated carbocycles. The fraction of sp³-hybridized carbons (Fsp3) is 0.684. The van der Waals surface area contributed by atoms with Crippen LogP contribution >= 0.6 is 0 Å². The van der Waals surface area contributed by atoms with E-state index in [9.17, 15) is 5.11 Å². The second kappa shape index (κ2) is 8.13. The number of ether oxygens (including phenoxy) is 1. The minimum Gasteiger partial charge on any atom is -0.490 e. The van der Waals surface area contributed by atoms with Crippen LogP contribution in [0.3, 0.4) is 0 Å². The van der Waals surface area contributed by atoms with Gasteiger partial charge >= 0.3 is 0 Å². The summed E-state index contributed by atoms with van der Waals surface area (Å²) in [5.41, 5.74) is 1.24. The lowest BCUT2D eigenvalue weighted by Gasteiger charge is -2.30. The lowest BCUT2D eigenvalue weighted by atomic mass is 9.86. The zero-order valence-corrected chi connectivity index (χ0v) is 15.2. The van der Waals surface area contributed by atoms with E-state index >= 15 is 0 Å². The Morgan fingerprint density at radius 2 is 1.70 bits per heavy atom. The number of piperazine rings is 1. The van der Waals surface area contributed by atoms with E-state index < -0.39 is 6.10 Å². The number of nitrogens with one attached hydrogen (secondary N) is 2. The maximum Gasteiger partial charge on any atom is 0.137 e. The van der Waals surface area contributed by atoms with Crippen molar-refractivity contribution in [3.63, 3.8) is 0 Å². The first-order valence-electron chi connectivity index (χ1n) is 8.97. The third-order valence-electron chi connectivity index (χ3n) is 4.81. The van der Waals surface area contributed by atoms with Crippen molar-refractivity contribution in [2.75, 3.05) is 45.9 Å². The number of aliphatic hydroxyl groups excluding tert-OH is 1. The molecule has 1 heterocycles. The summed E-state index contributed by atoms with van der Waals surface area (Å²) in [6, 6.07) is 8.15. The molecule has 1 aliphatic heterocycles. The quantitative estimate of drug-likeness (QED) is 0.662. The van der Waals surface area contributed by atoms with Crippen molar-refractivity contribution in [1.29, 1.82) is 0 Å². The summed E-state index contributed by atoms with van der Waals surface area (Å²) in [5.74, 6) is 0.897. The van der Waals surface area contributed by atoms with Gasteiger partial charge in [-0.1, -0.05) is 39.0 Å². The normalized spacial score (nSPS) is 23.5. The predicted octanol–water partition coefficient (Wildman–Crippen LogP) is -0.473. The van der Waals surface area contributed by atoms with Crippen LogP contribution in [0, 0.1) is 0 Å². The molecule has 1 atom stereocenters. The second-order valence-electron chi connectivity index (χ2n) is 7.77. The Balaban J connectivity index is 1.82. The lowest BCUT2D eigenvalue weighted by molar-refractivity contribution is -1.01. The van der Waals surface area contributed by atoms with Crippen molar-refractivity contribution in [2.24, 2.45) is 0 Å². The SMILES string of the molecule is CC[NH+]1CC[NH+](CC(O)COc2ccccc2C(C)(C)C)CC1. The largest absolute Gasteiger partial charge is 0.490 e. The molecule has 1 fully saturated rings. The van der Waals surface area contributed by atoms with Gasteiger partial charge in [0.25, 0.3) is 0 Å². The van der Waals surface area contributed by atoms with Gasteiger partial charge in [-0.05, 0) is 24.0 Å². The molecule has 0 spiro atoms. The van der Waals surface area contributed by atoms with Crippen LogP contribution in [-0.2, 0) is 5.41 Å². The first-order valence-corrected chi connectivity index (χ1v) is 8.97. The molecule has 0 aromatic heterocycles. The molecular formula is C19H34N2O2+2. The first kappa shape index (κ1) is 18.2. The molecule has 0 amide bonds. The number of benzene rings is 1. The van der Waals surface area contributed by atoms with Crippen molar-refractivity contribution < 1.29 is 19.6 Å². The number of quaternary nitrogens is 2. The lowest BCUT2D eigenvalue weighted by Crippen LogP contribution is -3.28. The molecule has 0 aliphatic carbocycles. The maximum absolute atomic E-state index is 10.3. The van der Waals surface area contributed by atoms with E-state index in [-0.39, 0.29) is 5.41 Å². The molecule has 4 nitrogen and oxygen atoms in total. The molecule has 130 valence electrons. The number of hydrogen-bond acceptors (Lipinski definition) is 2. The Bertz CT molecular complexity index is 477. The van der Waals surface area contributed by atoms with Crippen molar-refractivity contribution in [3.8, 4) is 5.75 Å². The number of likely N-dealkylation sites (N-methyl/N-ethyl adjacent to an activating group) is 1. The Labute approximate surface area is 141 Å². The van der Waals surface area contributed by atoms with Crippen LogP contribution in [0.5, 0.6) is 5.75 Å². The molecule has 1 unspecified atom stereocenters. The maximum atomic E-state index is 10.3. The van der Waals surface area contributed by atoms with Crippen molar-refractivity contribution in [2.45, 2.75) is 39.2 Å². The molecule has 1 aromatic carbocycles. The highest BCUT2D eigenvalue weighted by Crippen LogP contribution is 2.30. The zero-order valence-electron chi connectivity index (χ0n) is 15.2. The van der Waals surface area contributed by atoms with E-state index in [2.05, 4.69) is 33.8 Å². The molecule has 1 saturated heterocycles. The topological polar surface area (TPSA) is 38.3 Å². The first-order chi connectivity index (χ1) is 10.9. The van der Waals surface area contributed by atoms with E-state index in [1.54, 1.807) is 4.90 Å². The van der Waals surface area contributed by atoms with Gasteiger partial charge in [0.2, 0.25) is 0 Å². The van der Waals surface area contributed by atoms with Gasteiger partial charge in [0.05, 0.1) is 6.54 Å². The van der Waals surface area contributed by atoms with Crippen molar-refractivity contribution >= 4 is 0 Å². The molecule has 23 heavy (non-hydrogen) atoms. The number of aliphatic hydroxyl groups is 1. The van der Waals surface area contributed by atoms with Gasteiger partial charge in [-0.25, -0.2) is 0 Å². The van der Waals surface area contributed by atoms with Crippen molar-refractivity contribution in [3.05, 3.63) is 29.8 Å². The monoisotopic (exact) mass is 322 g/mol. The van der Waals surface area contributed by atoms with Crippen LogP contribution < -0.4 is 14.5 Å². The second-order valence-corrected chi connectivity index (χ2v) is 7.77. The predicted molar refractivity (Wildman–Crippen MR) is 93.4 cm³/mol. The Hall–Kier alpha value is -1.10. The minimum atomic E-state index is -0.402. The summed E-state index contributed by atoms with van der Waals surface area (Å²) in [4.78, 5) is 3.18. The molecule has 0 radical (unpaired) electrons. The van der Waals surface area contributed by atoms with Gasteiger partial charge in [0.15, 0.2) is 0 Å². The van der Waals surface area contributed by atoms with Gasteiger partial charge in [0, 0.05) is 0 Å². The van der Waals surface area contributed by atoms with E-state index in [1.807, 2.05) is 18.2 Å². The zero-order chi connectivity index (χ0) is 16.9. The Morgan fingerprint density at radius 3 is 2.30 bits per heavy atom. The van der Waals surface area contributed by atoms with Crippen LogP contribution in [0.4, 0.5) is 0 Å². The van der Waals surface area contributed by atoms with Gasteiger partial charge in [0.1, 0.15) is 51.2 Å². The minimum absolute atomic E-state index is 0.0477. The highest BCUT2D eigenvalue weighted by Gasteiger charge is 2.24.